The number of halogens is 2. The Morgan fingerprint density at radius 2 is 2.35 bits per heavy atom. The van der Waals surface area contributed by atoms with Crippen LogP contribution in [-0.4, -0.2) is 37.7 Å². The van der Waals surface area contributed by atoms with Crippen LogP contribution in [0.1, 0.15) is 12.0 Å². The van der Waals surface area contributed by atoms with Gasteiger partial charge in [0.1, 0.15) is 0 Å². The summed E-state index contributed by atoms with van der Waals surface area (Å²) in [5.41, 5.74) is 1.97. The summed E-state index contributed by atoms with van der Waals surface area (Å²) in [4.78, 5) is 13.6. The Hall–Kier alpha value is -0.750. The van der Waals surface area contributed by atoms with Gasteiger partial charge in [0, 0.05) is 25.7 Å². The Morgan fingerprint density at radius 1 is 1.55 bits per heavy atom. The number of amides is 2. The summed E-state index contributed by atoms with van der Waals surface area (Å²) in [5, 5.41) is 2.82. The van der Waals surface area contributed by atoms with Gasteiger partial charge in [-0.2, -0.15) is 0 Å². The van der Waals surface area contributed by atoms with E-state index in [1.54, 1.807) is 18.0 Å². The van der Waals surface area contributed by atoms with Crippen LogP contribution in [0.4, 0.5) is 4.79 Å². The lowest BCUT2D eigenvalue weighted by Crippen LogP contribution is -2.38. The van der Waals surface area contributed by atoms with E-state index in [1.807, 2.05) is 0 Å². The van der Waals surface area contributed by atoms with E-state index in [-0.39, 0.29) is 6.03 Å². The second-order valence-corrected chi connectivity index (χ2v) is 6.85. The molecule has 110 valence electrons. The molecular formula is C13H16Cl2N2O2S. The fourth-order valence-corrected chi connectivity index (χ4v) is 3.38. The van der Waals surface area contributed by atoms with Crippen molar-refractivity contribution in [1.29, 1.82) is 0 Å². The number of hydrogen-bond donors (Lipinski definition) is 1. The zero-order chi connectivity index (χ0) is 14.5. The highest BCUT2D eigenvalue weighted by Gasteiger charge is 2.13. The van der Waals surface area contributed by atoms with Crippen molar-refractivity contribution in [3.05, 3.63) is 32.0 Å². The van der Waals surface area contributed by atoms with Gasteiger partial charge in [0.25, 0.3) is 0 Å². The van der Waals surface area contributed by atoms with Crippen LogP contribution in [0, 0.1) is 0 Å². The third-order valence-corrected chi connectivity index (χ3v) is 4.50. The summed E-state index contributed by atoms with van der Waals surface area (Å²) in [5.74, 6) is 0. The summed E-state index contributed by atoms with van der Waals surface area (Å²) >= 11 is 13.2. The molecular weight excluding hydrogens is 319 g/mol. The topological polar surface area (TPSA) is 41.6 Å². The lowest BCUT2D eigenvalue weighted by molar-refractivity contribution is 0.144. The maximum absolute atomic E-state index is 12.0. The van der Waals surface area contributed by atoms with E-state index in [4.69, 9.17) is 27.9 Å². The number of thiophene rings is 1. The molecule has 1 N–H and O–H groups in total. The summed E-state index contributed by atoms with van der Waals surface area (Å²) < 4.78 is 6.59. The molecule has 2 rings (SSSR count). The zero-order valence-corrected chi connectivity index (χ0v) is 13.4. The molecule has 0 unspecified atom stereocenters. The molecule has 0 fully saturated rings. The number of urea groups is 1. The highest BCUT2D eigenvalue weighted by molar-refractivity contribution is 7.20. The molecule has 20 heavy (non-hydrogen) atoms. The first-order chi connectivity index (χ1) is 9.56. The number of nitrogens with one attached hydrogen (secondary N) is 1. The highest BCUT2D eigenvalue weighted by atomic mass is 35.5. The predicted molar refractivity (Wildman–Crippen MR) is 82.7 cm³/mol. The lowest BCUT2D eigenvalue weighted by atomic mass is 10.2. The Labute approximate surface area is 132 Å². The molecule has 0 atom stereocenters. The van der Waals surface area contributed by atoms with Crippen LogP contribution in [0.15, 0.2) is 17.7 Å². The van der Waals surface area contributed by atoms with Gasteiger partial charge in [-0.05, 0) is 18.1 Å². The van der Waals surface area contributed by atoms with Crippen molar-refractivity contribution in [2.75, 3.05) is 26.8 Å². The smallest absolute Gasteiger partial charge is 0.317 e. The molecule has 0 spiro atoms. The summed E-state index contributed by atoms with van der Waals surface area (Å²) in [7, 11) is 1.76. The van der Waals surface area contributed by atoms with Gasteiger partial charge in [0.15, 0.2) is 0 Å². The second-order valence-electron chi connectivity index (χ2n) is 4.57. The van der Waals surface area contributed by atoms with E-state index < -0.39 is 0 Å². The first-order valence-electron chi connectivity index (χ1n) is 6.24. The largest absolute Gasteiger partial charge is 0.377 e. The fourth-order valence-electron chi connectivity index (χ4n) is 1.90. The van der Waals surface area contributed by atoms with E-state index >= 15 is 0 Å². The molecule has 2 heterocycles. The minimum Gasteiger partial charge on any atom is -0.377 e. The number of nitrogens with zero attached hydrogens (tertiary/aromatic N) is 1. The molecule has 0 saturated heterocycles. The van der Waals surface area contributed by atoms with Gasteiger partial charge >= 0.3 is 6.03 Å². The first-order valence-corrected chi connectivity index (χ1v) is 7.82. The predicted octanol–water partition coefficient (Wildman–Crippen LogP) is 3.54. The third-order valence-electron chi connectivity index (χ3n) is 2.93. The standard InChI is InChI=1S/C13H16Cl2N2O2S/c1-17(7-9-3-2-4-19-8-9)13(18)16-6-10-5-11(14)20-12(10)15/h3,5H,2,4,6-8H2,1H3,(H,16,18). The summed E-state index contributed by atoms with van der Waals surface area (Å²) in [6.07, 6.45) is 3.04. The summed E-state index contributed by atoms with van der Waals surface area (Å²) in [6.45, 7) is 2.31. The van der Waals surface area contributed by atoms with E-state index in [2.05, 4.69) is 11.4 Å². The average molecular weight is 335 g/mol. The van der Waals surface area contributed by atoms with Crippen LogP contribution in [0.2, 0.25) is 8.67 Å². The van der Waals surface area contributed by atoms with Crippen molar-refractivity contribution in [3.63, 3.8) is 0 Å². The molecule has 1 aromatic rings. The molecule has 0 radical (unpaired) electrons. The van der Waals surface area contributed by atoms with Gasteiger partial charge in [-0.25, -0.2) is 4.79 Å². The van der Waals surface area contributed by atoms with E-state index in [1.165, 1.54) is 11.3 Å². The van der Waals surface area contributed by atoms with E-state index in [0.29, 0.717) is 28.4 Å². The monoisotopic (exact) mass is 334 g/mol. The van der Waals surface area contributed by atoms with Gasteiger partial charge in [-0.1, -0.05) is 29.3 Å². The van der Waals surface area contributed by atoms with Crippen molar-refractivity contribution < 1.29 is 9.53 Å². The Bertz CT molecular complexity index is 516. The number of carbonyl (C=O) groups excluding carboxylic acids is 1. The quantitative estimate of drug-likeness (QED) is 0.855. The zero-order valence-electron chi connectivity index (χ0n) is 11.1. The SMILES string of the molecule is CN(CC1=CCCOC1)C(=O)NCc1cc(Cl)sc1Cl. The number of rotatable bonds is 4. The number of likely N-dealkylation sites (N-methyl/N-ethyl adjacent to an activating group) is 1. The second kappa shape index (κ2) is 7.31. The molecule has 0 bridgehead atoms. The molecule has 1 aromatic heterocycles. The lowest BCUT2D eigenvalue weighted by Gasteiger charge is -2.21. The van der Waals surface area contributed by atoms with E-state index in [0.717, 1.165) is 24.2 Å². The van der Waals surface area contributed by atoms with Gasteiger partial charge in [-0.15, -0.1) is 11.3 Å². The average Bonchev–Trinajstić information content (AvgIpc) is 2.75. The summed E-state index contributed by atoms with van der Waals surface area (Å²) in [6, 6.07) is 1.63. The number of hydrogen-bond acceptors (Lipinski definition) is 3. The third kappa shape index (κ3) is 4.38. The first kappa shape index (κ1) is 15.6. The highest BCUT2D eigenvalue weighted by Crippen LogP contribution is 2.30. The van der Waals surface area contributed by atoms with Crippen LogP contribution < -0.4 is 5.32 Å². The van der Waals surface area contributed by atoms with Crippen molar-refractivity contribution in [1.82, 2.24) is 10.2 Å². The molecule has 1 aliphatic heterocycles. The van der Waals surface area contributed by atoms with Crippen LogP contribution in [0.5, 0.6) is 0 Å². The van der Waals surface area contributed by atoms with Crippen LogP contribution >= 0.6 is 34.5 Å². The minimum atomic E-state index is -0.144. The fraction of sp³-hybridized carbons (Fsp3) is 0.462. The number of carbonyl (C=O) groups is 1. The van der Waals surface area contributed by atoms with Crippen molar-refractivity contribution in [2.24, 2.45) is 0 Å². The Balaban J connectivity index is 1.82. The van der Waals surface area contributed by atoms with Gasteiger partial charge in [0.05, 0.1) is 21.9 Å². The molecule has 1 aliphatic rings. The maximum Gasteiger partial charge on any atom is 0.317 e. The van der Waals surface area contributed by atoms with Crippen molar-refractivity contribution in [2.45, 2.75) is 13.0 Å². The van der Waals surface area contributed by atoms with E-state index in [9.17, 15) is 4.79 Å². The maximum atomic E-state index is 12.0. The van der Waals surface area contributed by atoms with Gasteiger partial charge in [0.2, 0.25) is 0 Å². The van der Waals surface area contributed by atoms with Crippen molar-refractivity contribution in [3.8, 4) is 0 Å². The van der Waals surface area contributed by atoms with Crippen molar-refractivity contribution >= 4 is 40.6 Å². The molecule has 0 aromatic carbocycles. The number of ether oxygens (including phenoxy) is 1. The Kier molecular flexibility index (Phi) is 5.72. The minimum absolute atomic E-state index is 0.144. The molecule has 4 nitrogen and oxygen atoms in total. The van der Waals surface area contributed by atoms with Crippen LogP contribution in [0.3, 0.4) is 0 Å². The van der Waals surface area contributed by atoms with Gasteiger partial charge < -0.3 is 15.0 Å². The molecule has 0 saturated carbocycles. The Morgan fingerprint density at radius 3 is 2.95 bits per heavy atom. The molecule has 2 amide bonds. The molecule has 0 aliphatic carbocycles. The molecule has 7 heteroatoms. The van der Waals surface area contributed by atoms with Crippen LogP contribution in [-0.2, 0) is 11.3 Å². The van der Waals surface area contributed by atoms with Crippen LogP contribution in [0.25, 0.3) is 0 Å². The van der Waals surface area contributed by atoms with Gasteiger partial charge in [-0.3, -0.25) is 0 Å². The normalized spacial score (nSPS) is 14.8.